The Labute approximate surface area is 113 Å². The molecule has 2 atom stereocenters. The molecular formula is C13H23NO3S. The van der Waals surface area contributed by atoms with E-state index in [2.05, 4.69) is 5.32 Å². The Hall–Kier alpha value is -0.710. The van der Waals surface area contributed by atoms with E-state index in [0.29, 0.717) is 0 Å². The first-order chi connectivity index (χ1) is 8.14. The third-order valence-corrected chi connectivity index (χ3v) is 4.33. The minimum Gasteiger partial charge on any atom is -0.458 e. The average Bonchev–Trinajstić information content (AvgIpc) is 2.63. The smallest absolute Gasteiger partial charge is 0.328 e. The zero-order valence-electron chi connectivity index (χ0n) is 11.8. The number of amides is 1. The number of nitrogens with one attached hydrogen (secondary N) is 1. The van der Waals surface area contributed by atoms with E-state index < -0.39 is 16.4 Å². The summed E-state index contributed by atoms with van der Waals surface area (Å²) in [6.45, 7) is 9.03. The molecule has 1 N–H and O–H groups in total. The molecule has 1 unspecified atom stereocenters. The van der Waals surface area contributed by atoms with Crippen molar-refractivity contribution in [1.82, 2.24) is 5.32 Å². The molecule has 0 aromatic rings. The molecule has 18 heavy (non-hydrogen) atoms. The van der Waals surface area contributed by atoms with Gasteiger partial charge in [-0.3, -0.25) is 4.79 Å². The molecule has 4 nitrogen and oxygen atoms in total. The van der Waals surface area contributed by atoms with Crippen LogP contribution < -0.4 is 5.32 Å². The summed E-state index contributed by atoms with van der Waals surface area (Å²) in [5, 5.41) is 2.75. The van der Waals surface area contributed by atoms with Crippen molar-refractivity contribution >= 4 is 23.6 Å². The number of carbonyl (C=O) groups excluding carboxylic acids is 2. The lowest BCUT2D eigenvalue weighted by molar-refractivity contribution is -0.158. The first-order valence-corrected chi connectivity index (χ1v) is 7.30. The average molecular weight is 273 g/mol. The molecule has 1 fully saturated rings. The second-order valence-corrected chi connectivity index (χ2v) is 7.51. The van der Waals surface area contributed by atoms with Gasteiger partial charge in [-0.2, -0.15) is 0 Å². The van der Waals surface area contributed by atoms with E-state index >= 15 is 0 Å². The van der Waals surface area contributed by atoms with Gasteiger partial charge in [-0.25, -0.2) is 4.79 Å². The van der Waals surface area contributed by atoms with Crippen LogP contribution in [-0.2, 0) is 14.3 Å². The summed E-state index contributed by atoms with van der Waals surface area (Å²) < 4.78 is 4.84. The normalized spacial score (nSPS) is 25.6. The standard InChI is InChI=1S/C13H23NO3S/c1-9(10(15)17-12(2,3)4)14-11(16)13(5)7-6-8-18-13/h9H,6-8H2,1-5H3,(H,14,16)/t9-,13?/m1/s1. The van der Waals surface area contributed by atoms with Crippen LogP contribution in [0.25, 0.3) is 0 Å². The highest BCUT2D eigenvalue weighted by Gasteiger charge is 2.38. The van der Waals surface area contributed by atoms with Gasteiger partial charge >= 0.3 is 5.97 Å². The van der Waals surface area contributed by atoms with Crippen LogP contribution in [0.5, 0.6) is 0 Å². The van der Waals surface area contributed by atoms with Crippen LogP contribution in [0.1, 0.15) is 47.5 Å². The lowest BCUT2D eigenvalue weighted by Gasteiger charge is -2.26. The molecule has 0 aromatic heterocycles. The minimum absolute atomic E-state index is 0.0663. The SMILES string of the molecule is C[C@@H](NC(=O)C1(C)CCCS1)C(=O)OC(C)(C)C. The maximum atomic E-state index is 12.1. The van der Waals surface area contributed by atoms with Crippen LogP contribution in [0.2, 0.25) is 0 Å². The second kappa shape index (κ2) is 5.51. The van der Waals surface area contributed by atoms with Gasteiger partial charge in [-0.15, -0.1) is 11.8 Å². The Morgan fingerprint density at radius 1 is 1.39 bits per heavy atom. The number of carbonyl (C=O) groups is 2. The van der Waals surface area contributed by atoms with Crippen molar-refractivity contribution < 1.29 is 14.3 Å². The summed E-state index contributed by atoms with van der Waals surface area (Å²) in [5.41, 5.74) is -0.526. The zero-order valence-corrected chi connectivity index (χ0v) is 12.6. The molecule has 0 aromatic carbocycles. The maximum Gasteiger partial charge on any atom is 0.328 e. The fraction of sp³-hybridized carbons (Fsp3) is 0.846. The molecule has 104 valence electrons. The Morgan fingerprint density at radius 2 is 2.00 bits per heavy atom. The van der Waals surface area contributed by atoms with Crippen LogP contribution in [0.15, 0.2) is 0 Å². The van der Waals surface area contributed by atoms with Crippen molar-refractivity contribution in [2.45, 2.75) is 63.9 Å². The van der Waals surface area contributed by atoms with Gasteiger partial charge in [0.15, 0.2) is 0 Å². The van der Waals surface area contributed by atoms with Gasteiger partial charge in [0, 0.05) is 0 Å². The first kappa shape index (κ1) is 15.3. The maximum absolute atomic E-state index is 12.1. The number of hydrogen-bond donors (Lipinski definition) is 1. The molecule has 0 aliphatic carbocycles. The van der Waals surface area contributed by atoms with Crippen molar-refractivity contribution in [2.75, 3.05) is 5.75 Å². The van der Waals surface area contributed by atoms with Crippen LogP contribution in [0.3, 0.4) is 0 Å². The molecular weight excluding hydrogens is 250 g/mol. The molecule has 1 rings (SSSR count). The Morgan fingerprint density at radius 3 is 2.44 bits per heavy atom. The molecule has 0 bridgehead atoms. The van der Waals surface area contributed by atoms with E-state index in [9.17, 15) is 9.59 Å². The highest BCUT2D eigenvalue weighted by Crippen LogP contribution is 2.37. The Balaban J connectivity index is 2.51. The van der Waals surface area contributed by atoms with E-state index in [1.165, 1.54) is 0 Å². The van der Waals surface area contributed by atoms with Crippen molar-refractivity contribution in [2.24, 2.45) is 0 Å². The van der Waals surface area contributed by atoms with Gasteiger partial charge in [0.05, 0.1) is 4.75 Å². The Kier molecular flexibility index (Phi) is 4.70. The van der Waals surface area contributed by atoms with Gasteiger partial charge in [-0.1, -0.05) is 0 Å². The molecule has 1 aliphatic rings. The summed E-state index contributed by atoms with van der Waals surface area (Å²) in [7, 11) is 0. The highest BCUT2D eigenvalue weighted by molar-refractivity contribution is 8.01. The predicted molar refractivity (Wildman–Crippen MR) is 73.5 cm³/mol. The quantitative estimate of drug-likeness (QED) is 0.800. The third-order valence-electron chi connectivity index (χ3n) is 2.81. The highest BCUT2D eigenvalue weighted by atomic mass is 32.2. The number of esters is 1. The lowest BCUT2D eigenvalue weighted by atomic mass is 10.0. The summed E-state index contributed by atoms with van der Waals surface area (Å²) in [6, 6.07) is -0.602. The van der Waals surface area contributed by atoms with Gasteiger partial charge < -0.3 is 10.1 Å². The summed E-state index contributed by atoms with van der Waals surface area (Å²) in [5.74, 6) is 0.552. The van der Waals surface area contributed by atoms with Crippen LogP contribution in [0, 0.1) is 0 Å². The topological polar surface area (TPSA) is 55.4 Å². The van der Waals surface area contributed by atoms with E-state index in [4.69, 9.17) is 4.74 Å². The largest absolute Gasteiger partial charge is 0.458 e. The van der Waals surface area contributed by atoms with Crippen molar-refractivity contribution in [3.05, 3.63) is 0 Å². The van der Waals surface area contributed by atoms with Crippen molar-refractivity contribution in [1.29, 1.82) is 0 Å². The second-order valence-electron chi connectivity index (χ2n) is 5.91. The number of thioether (sulfide) groups is 1. The fourth-order valence-corrected chi connectivity index (χ4v) is 2.97. The fourth-order valence-electron chi connectivity index (χ4n) is 1.76. The summed E-state index contributed by atoms with van der Waals surface area (Å²) in [6.07, 6.45) is 1.92. The number of ether oxygens (including phenoxy) is 1. The van der Waals surface area contributed by atoms with Crippen LogP contribution in [0.4, 0.5) is 0 Å². The van der Waals surface area contributed by atoms with Crippen LogP contribution >= 0.6 is 11.8 Å². The van der Waals surface area contributed by atoms with Gasteiger partial charge in [0.1, 0.15) is 11.6 Å². The van der Waals surface area contributed by atoms with Crippen LogP contribution in [-0.4, -0.2) is 34.0 Å². The van der Waals surface area contributed by atoms with E-state index in [1.54, 1.807) is 18.7 Å². The molecule has 5 heteroatoms. The molecule has 1 aliphatic heterocycles. The predicted octanol–water partition coefficient (Wildman–Crippen LogP) is 2.12. The van der Waals surface area contributed by atoms with Gasteiger partial charge in [0.2, 0.25) is 5.91 Å². The zero-order chi connectivity index (χ0) is 14.0. The molecule has 1 saturated heterocycles. The summed E-state index contributed by atoms with van der Waals surface area (Å²) >= 11 is 1.66. The van der Waals surface area contributed by atoms with Crippen molar-refractivity contribution in [3.8, 4) is 0 Å². The molecule has 0 radical (unpaired) electrons. The molecule has 1 heterocycles. The summed E-state index contributed by atoms with van der Waals surface area (Å²) in [4.78, 5) is 23.9. The lowest BCUT2D eigenvalue weighted by Crippen LogP contribution is -2.48. The third kappa shape index (κ3) is 4.19. The van der Waals surface area contributed by atoms with Crippen molar-refractivity contribution in [3.63, 3.8) is 0 Å². The van der Waals surface area contributed by atoms with E-state index in [-0.39, 0.29) is 11.9 Å². The first-order valence-electron chi connectivity index (χ1n) is 6.32. The van der Waals surface area contributed by atoms with E-state index in [1.807, 2.05) is 27.7 Å². The van der Waals surface area contributed by atoms with E-state index in [0.717, 1.165) is 18.6 Å². The minimum atomic E-state index is -0.602. The van der Waals surface area contributed by atoms with Gasteiger partial charge in [0.25, 0.3) is 0 Å². The number of rotatable bonds is 3. The Bertz CT molecular complexity index is 330. The molecule has 0 spiro atoms. The monoisotopic (exact) mass is 273 g/mol. The molecule has 1 amide bonds. The molecule has 0 saturated carbocycles. The van der Waals surface area contributed by atoms with Gasteiger partial charge in [-0.05, 0) is 53.2 Å². The number of hydrogen-bond acceptors (Lipinski definition) is 4.